The molecule has 0 atom stereocenters. The molecule has 72 valence electrons. The van der Waals surface area contributed by atoms with Crippen LogP contribution in [-0.4, -0.2) is 11.9 Å². The smallest absolute Gasteiger partial charge is 0.122 e. The second-order valence-corrected chi connectivity index (χ2v) is 3.70. The minimum Gasteiger partial charge on any atom is -0.491 e. The summed E-state index contributed by atoms with van der Waals surface area (Å²) in [4.78, 5) is 0. The van der Waals surface area contributed by atoms with Crippen LogP contribution in [0.3, 0.4) is 0 Å². The molecule has 0 heterocycles. The Kier molecular flexibility index (Phi) is 4.16. The number of thiol groups is 1. The van der Waals surface area contributed by atoms with Gasteiger partial charge in [-0.15, -0.1) is 0 Å². The summed E-state index contributed by atoms with van der Waals surface area (Å²) in [7, 11) is 0. The van der Waals surface area contributed by atoms with Gasteiger partial charge in [0.15, 0.2) is 0 Å². The fourth-order valence-corrected chi connectivity index (χ4v) is 1.44. The summed E-state index contributed by atoms with van der Waals surface area (Å²) in [6.45, 7) is 4.08. The Hall–Kier alpha value is -0.630. The molecule has 13 heavy (non-hydrogen) atoms. The molecule has 0 aromatic heterocycles. The molecule has 0 saturated carbocycles. The third-order valence-corrected chi connectivity index (χ3v) is 1.94. The standard InChI is InChI=1S/C11H16OS/c1-9(2)12-11-6-4-3-5-10(11)7-8-13/h3-6,9,13H,7-8H2,1-2H3. The Morgan fingerprint density at radius 3 is 2.62 bits per heavy atom. The van der Waals surface area contributed by atoms with Gasteiger partial charge < -0.3 is 4.74 Å². The maximum Gasteiger partial charge on any atom is 0.122 e. The Morgan fingerprint density at radius 2 is 2.00 bits per heavy atom. The lowest BCUT2D eigenvalue weighted by atomic mass is 10.1. The topological polar surface area (TPSA) is 9.23 Å². The van der Waals surface area contributed by atoms with E-state index in [4.69, 9.17) is 4.74 Å². The molecule has 0 unspecified atom stereocenters. The molecule has 0 spiro atoms. The molecule has 0 radical (unpaired) electrons. The number of rotatable bonds is 4. The van der Waals surface area contributed by atoms with Gasteiger partial charge in [-0.2, -0.15) is 12.6 Å². The van der Waals surface area contributed by atoms with Gasteiger partial charge in [0.05, 0.1) is 6.10 Å². The lowest BCUT2D eigenvalue weighted by molar-refractivity contribution is 0.240. The molecule has 1 rings (SSSR count). The van der Waals surface area contributed by atoms with E-state index in [-0.39, 0.29) is 6.10 Å². The van der Waals surface area contributed by atoms with Gasteiger partial charge >= 0.3 is 0 Å². The Morgan fingerprint density at radius 1 is 1.31 bits per heavy atom. The zero-order chi connectivity index (χ0) is 9.68. The molecule has 0 aliphatic heterocycles. The van der Waals surface area contributed by atoms with E-state index in [2.05, 4.69) is 18.7 Å². The molecular formula is C11H16OS. The zero-order valence-corrected chi connectivity index (χ0v) is 9.05. The number of hydrogen-bond donors (Lipinski definition) is 1. The van der Waals surface area contributed by atoms with Crippen LogP contribution in [0, 0.1) is 0 Å². The first kappa shape index (κ1) is 10.5. The van der Waals surface area contributed by atoms with Crippen LogP contribution < -0.4 is 4.74 Å². The third-order valence-electron chi connectivity index (χ3n) is 1.72. The molecule has 1 aromatic rings. The normalized spacial score (nSPS) is 10.5. The Labute approximate surface area is 85.5 Å². The van der Waals surface area contributed by atoms with Crippen LogP contribution in [0.5, 0.6) is 5.75 Å². The zero-order valence-electron chi connectivity index (χ0n) is 8.16. The van der Waals surface area contributed by atoms with Crippen LogP contribution in [0.1, 0.15) is 19.4 Å². The van der Waals surface area contributed by atoms with Crippen molar-refractivity contribution in [3.63, 3.8) is 0 Å². The summed E-state index contributed by atoms with van der Waals surface area (Å²) in [5.41, 5.74) is 1.24. The molecule has 0 bridgehead atoms. The first-order chi connectivity index (χ1) is 6.24. The summed E-state index contributed by atoms with van der Waals surface area (Å²) in [5, 5.41) is 0. The van der Waals surface area contributed by atoms with E-state index >= 15 is 0 Å². The highest BCUT2D eigenvalue weighted by Gasteiger charge is 2.02. The van der Waals surface area contributed by atoms with Crippen molar-refractivity contribution in [1.29, 1.82) is 0 Å². The van der Waals surface area contributed by atoms with Crippen molar-refractivity contribution < 1.29 is 4.74 Å². The van der Waals surface area contributed by atoms with E-state index in [0.29, 0.717) is 0 Å². The van der Waals surface area contributed by atoms with E-state index < -0.39 is 0 Å². The fraction of sp³-hybridized carbons (Fsp3) is 0.455. The summed E-state index contributed by atoms with van der Waals surface area (Å²) in [6.07, 6.45) is 1.20. The van der Waals surface area contributed by atoms with Crippen LogP contribution in [-0.2, 0) is 6.42 Å². The van der Waals surface area contributed by atoms with Crippen molar-refractivity contribution in [3.8, 4) is 5.75 Å². The lowest BCUT2D eigenvalue weighted by Gasteiger charge is -2.13. The van der Waals surface area contributed by atoms with Crippen molar-refractivity contribution in [2.45, 2.75) is 26.4 Å². The summed E-state index contributed by atoms with van der Waals surface area (Å²) in [5.74, 6) is 1.85. The van der Waals surface area contributed by atoms with Crippen LogP contribution >= 0.6 is 12.6 Å². The van der Waals surface area contributed by atoms with Crippen LogP contribution in [0.2, 0.25) is 0 Å². The van der Waals surface area contributed by atoms with Crippen LogP contribution in [0.15, 0.2) is 24.3 Å². The van der Waals surface area contributed by atoms with Gasteiger partial charge in [0, 0.05) is 0 Å². The van der Waals surface area contributed by atoms with Crippen molar-refractivity contribution in [2.75, 3.05) is 5.75 Å². The second-order valence-electron chi connectivity index (χ2n) is 3.25. The van der Waals surface area contributed by atoms with Gasteiger partial charge in [-0.25, -0.2) is 0 Å². The quantitative estimate of drug-likeness (QED) is 0.728. The Balaban J connectivity index is 2.78. The first-order valence-electron chi connectivity index (χ1n) is 4.59. The van der Waals surface area contributed by atoms with E-state index in [1.165, 1.54) is 5.56 Å². The highest BCUT2D eigenvalue weighted by Crippen LogP contribution is 2.19. The molecule has 2 heteroatoms. The van der Waals surface area contributed by atoms with Gasteiger partial charge in [-0.05, 0) is 37.7 Å². The van der Waals surface area contributed by atoms with Crippen molar-refractivity contribution in [1.82, 2.24) is 0 Å². The van der Waals surface area contributed by atoms with E-state index in [1.807, 2.05) is 32.0 Å². The SMILES string of the molecule is CC(C)Oc1ccccc1CCS. The average Bonchev–Trinajstić information content (AvgIpc) is 2.08. The predicted octanol–water partition coefficient (Wildman–Crippen LogP) is 2.95. The Bertz CT molecular complexity index is 258. The van der Waals surface area contributed by atoms with Gasteiger partial charge in [0.1, 0.15) is 5.75 Å². The maximum atomic E-state index is 5.66. The van der Waals surface area contributed by atoms with Gasteiger partial charge in [0.25, 0.3) is 0 Å². The second kappa shape index (κ2) is 5.18. The van der Waals surface area contributed by atoms with Crippen LogP contribution in [0.25, 0.3) is 0 Å². The van der Waals surface area contributed by atoms with Crippen LogP contribution in [0.4, 0.5) is 0 Å². The molecular weight excluding hydrogens is 180 g/mol. The maximum absolute atomic E-state index is 5.66. The van der Waals surface area contributed by atoms with E-state index in [1.54, 1.807) is 0 Å². The fourth-order valence-electron chi connectivity index (χ4n) is 1.20. The van der Waals surface area contributed by atoms with Crippen molar-refractivity contribution in [2.24, 2.45) is 0 Å². The molecule has 0 amide bonds. The van der Waals surface area contributed by atoms with Gasteiger partial charge in [-0.3, -0.25) is 0 Å². The largest absolute Gasteiger partial charge is 0.491 e. The summed E-state index contributed by atoms with van der Waals surface area (Å²) in [6, 6.07) is 8.14. The molecule has 0 N–H and O–H groups in total. The molecule has 0 aliphatic rings. The summed E-state index contributed by atoms with van der Waals surface area (Å²) >= 11 is 4.21. The van der Waals surface area contributed by atoms with Gasteiger partial charge in [0.2, 0.25) is 0 Å². The first-order valence-corrected chi connectivity index (χ1v) is 5.22. The lowest BCUT2D eigenvalue weighted by Crippen LogP contribution is -2.07. The van der Waals surface area contributed by atoms with E-state index in [0.717, 1.165) is 17.9 Å². The highest BCUT2D eigenvalue weighted by molar-refractivity contribution is 7.80. The van der Waals surface area contributed by atoms with E-state index in [9.17, 15) is 0 Å². The molecule has 0 fully saturated rings. The minimum absolute atomic E-state index is 0.237. The molecule has 0 saturated heterocycles. The third kappa shape index (κ3) is 3.31. The molecule has 1 aromatic carbocycles. The number of ether oxygens (including phenoxy) is 1. The number of benzene rings is 1. The molecule has 1 nitrogen and oxygen atoms in total. The number of aryl methyl sites for hydroxylation is 1. The predicted molar refractivity (Wildman–Crippen MR) is 59.8 cm³/mol. The minimum atomic E-state index is 0.237. The van der Waals surface area contributed by atoms with Crippen molar-refractivity contribution in [3.05, 3.63) is 29.8 Å². The monoisotopic (exact) mass is 196 g/mol. The van der Waals surface area contributed by atoms with Crippen molar-refractivity contribution >= 4 is 12.6 Å². The number of para-hydroxylation sites is 1. The number of hydrogen-bond acceptors (Lipinski definition) is 2. The highest BCUT2D eigenvalue weighted by atomic mass is 32.1. The van der Waals surface area contributed by atoms with Gasteiger partial charge in [-0.1, -0.05) is 18.2 Å². The average molecular weight is 196 g/mol. The molecule has 0 aliphatic carbocycles. The summed E-state index contributed by atoms with van der Waals surface area (Å²) < 4.78 is 5.66.